The zero-order chi connectivity index (χ0) is 16.6. The molecule has 1 aromatic carbocycles. The first kappa shape index (κ1) is 17.2. The second kappa shape index (κ2) is 9.00. The van der Waals surface area contributed by atoms with E-state index in [0.29, 0.717) is 12.3 Å². The maximum Gasteiger partial charge on any atom is 0.220 e. The SMILES string of the molecule is O=C(CCc1ccccc1)NCC1CCN(Cc2ccsc2)CC1. The highest BCUT2D eigenvalue weighted by molar-refractivity contribution is 7.07. The molecule has 0 radical (unpaired) electrons. The van der Waals surface area contributed by atoms with Crippen molar-refractivity contribution < 1.29 is 4.79 Å². The Hall–Kier alpha value is -1.65. The van der Waals surface area contributed by atoms with Crippen LogP contribution < -0.4 is 5.32 Å². The Morgan fingerprint density at radius 2 is 1.92 bits per heavy atom. The van der Waals surface area contributed by atoms with Crippen LogP contribution in [0.2, 0.25) is 0 Å². The summed E-state index contributed by atoms with van der Waals surface area (Å²) in [4.78, 5) is 14.5. The third-order valence-corrected chi connectivity index (χ3v) is 5.50. The van der Waals surface area contributed by atoms with Crippen LogP contribution in [-0.2, 0) is 17.8 Å². The van der Waals surface area contributed by atoms with E-state index in [2.05, 4.69) is 39.2 Å². The molecular formula is C20H26N2OS. The minimum Gasteiger partial charge on any atom is -0.356 e. The lowest BCUT2D eigenvalue weighted by atomic mass is 9.96. The summed E-state index contributed by atoms with van der Waals surface area (Å²) in [5.74, 6) is 0.809. The van der Waals surface area contributed by atoms with Gasteiger partial charge in [0.1, 0.15) is 0 Å². The number of hydrogen-bond donors (Lipinski definition) is 1. The van der Waals surface area contributed by atoms with Crippen LogP contribution in [0.25, 0.3) is 0 Å². The first-order chi connectivity index (χ1) is 11.8. The van der Waals surface area contributed by atoms with Gasteiger partial charge in [-0.25, -0.2) is 0 Å². The van der Waals surface area contributed by atoms with Crippen LogP contribution in [0.5, 0.6) is 0 Å². The minimum absolute atomic E-state index is 0.180. The normalized spacial score (nSPS) is 16.2. The standard InChI is InChI=1S/C20H26N2OS/c23-20(7-6-17-4-2-1-3-5-17)21-14-18-8-11-22(12-9-18)15-19-10-13-24-16-19/h1-5,10,13,16,18H,6-9,11-12,14-15H2,(H,21,23). The molecule has 0 spiro atoms. The first-order valence-corrected chi connectivity index (χ1v) is 9.78. The molecule has 2 aromatic rings. The number of nitrogens with one attached hydrogen (secondary N) is 1. The monoisotopic (exact) mass is 342 g/mol. The van der Waals surface area contributed by atoms with Gasteiger partial charge in [0.15, 0.2) is 0 Å². The van der Waals surface area contributed by atoms with Gasteiger partial charge in [0.2, 0.25) is 5.91 Å². The van der Waals surface area contributed by atoms with Gasteiger partial charge in [0.25, 0.3) is 0 Å². The van der Waals surface area contributed by atoms with Crippen LogP contribution in [0.3, 0.4) is 0 Å². The van der Waals surface area contributed by atoms with Crippen LogP contribution in [0, 0.1) is 5.92 Å². The number of piperidine rings is 1. The molecule has 2 heterocycles. The van der Waals surface area contributed by atoms with E-state index < -0.39 is 0 Å². The summed E-state index contributed by atoms with van der Waals surface area (Å²) >= 11 is 1.77. The molecule has 1 fully saturated rings. The molecule has 4 heteroatoms. The Morgan fingerprint density at radius 3 is 2.62 bits per heavy atom. The molecular weight excluding hydrogens is 316 g/mol. The van der Waals surface area contributed by atoms with Crippen molar-refractivity contribution >= 4 is 17.2 Å². The van der Waals surface area contributed by atoms with Crippen LogP contribution in [0.1, 0.15) is 30.4 Å². The molecule has 0 bridgehead atoms. The second-order valence-corrected chi connectivity index (χ2v) is 7.42. The quantitative estimate of drug-likeness (QED) is 0.832. The van der Waals surface area contributed by atoms with E-state index >= 15 is 0 Å². The van der Waals surface area contributed by atoms with Crippen molar-refractivity contribution in [3.63, 3.8) is 0 Å². The number of likely N-dealkylation sites (tertiary alicyclic amines) is 1. The van der Waals surface area contributed by atoms with Crippen molar-refractivity contribution in [2.75, 3.05) is 19.6 Å². The highest BCUT2D eigenvalue weighted by Crippen LogP contribution is 2.19. The van der Waals surface area contributed by atoms with Crippen molar-refractivity contribution in [2.24, 2.45) is 5.92 Å². The lowest BCUT2D eigenvalue weighted by Crippen LogP contribution is -2.38. The lowest BCUT2D eigenvalue weighted by Gasteiger charge is -2.31. The molecule has 0 saturated carbocycles. The summed E-state index contributed by atoms with van der Waals surface area (Å²) in [5, 5.41) is 7.51. The van der Waals surface area contributed by atoms with Gasteiger partial charge in [-0.15, -0.1) is 0 Å². The molecule has 1 aliphatic heterocycles. The van der Waals surface area contributed by atoms with E-state index in [0.717, 1.165) is 32.6 Å². The van der Waals surface area contributed by atoms with Crippen LogP contribution >= 0.6 is 11.3 Å². The van der Waals surface area contributed by atoms with Crippen molar-refractivity contribution in [2.45, 2.75) is 32.2 Å². The molecule has 1 N–H and O–H groups in total. The van der Waals surface area contributed by atoms with Gasteiger partial charge < -0.3 is 5.32 Å². The number of carbonyl (C=O) groups excluding carboxylic acids is 1. The molecule has 1 amide bonds. The minimum atomic E-state index is 0.180. The summed E-state index contributed by atoms with van der Waals surface area (Å²) < 4.78 is 0. The first-order valence-electron chi connectivity index (χ1n) is 8.83. The fourth-order valence-electron chi connectivity index (χ4n) is 3.24. The summed E-state index contributed by atoms with van der Waals surface area (Å²) in [6, 6.07) is 12.4. The van der Waals surface area contributed by atoms with E-state index in [4.69, 9.17) is 0 Å². The molecule has 3 nitrogen and oxygen atoms in total. The smallest absolute Gasteiger partial charge is 0.220 e. The van der Waals surface area contributed by atoms with E-state index in [-0.39, 0.29) is 5.91 Å². The van der Waals surface area contributed by atoms with Crippen LogP contribution in [0.4, 0.5) is 0 Å². The molecule has 1 aromatic heterocycles. The van der Waals surface area contributed by atoms with Gasteiger partial charge in [0.05, 0.1) is 0 Å². The van der Waals surface area contributed by atoms with E-state index in [1.165, 1.54) is 24.0 Å². The summed E-state index contributed by atoms with van der Waals surface area (Å²) in [6.45, 7) is 4.18. The number of rotatable bonds is 7. The topological polar surface area (TPSA) is 32.3 Å². The Bertz CT molecular complexity index is 604. The number of thiophene rings is 1. The molecule has 0 atom stereocenters. The number of carbonyl (C=O) groups is 1. The fraction of sp³-hybridized carbons (Fsp3) is 0.450. The Kier molecular flexibility index (Phi) is 6.44. The highest BCUT2D eigenvalue weighted by atomic mass is 32.1. The average Bonchev–Trinajstić information content (AvgIpc) is 3.13. The fourth-order valence-corrected chi connectivity index (χ4v) is 3.90. The number of aryl methyl sites for hydroxylation is 1. The van der Waals surface area contributed by atoms with Gasteiger partial charge in [-0.05, 0) is 66.2 Å². The summed E-state index contributed by atoms with van der Waals surface area (Å²) in [6.07, 6.45) is 3.78. The molecule has 24 heavy (non-hydrogen) atoms. The predicted molar refractivity (Wildman–Crippen MR) is 100 cm³/mol. The molecule has 1 aliphatic rings. The molecule has 0 aliphatic carbocycles. The third-order valence-electron chi connectivity index (χ3n) is 4.76. The van der Waals surface area contributed by atoms with E-state index in [9.17, 15) is 4.79 Å². The molecule has 1 saturated heterocycles. The average molecular weight is 343 g/mol. The Morgan fingerprint density at radius 1 is 1.12 bits per heavy atom. The number of benzene rings is 1. The van der Waals surface area contributed by atoms with E-state index in [1.807, 2.05) is 18.2 Å². The number of hydrogen-bond acceptors (Lipinski definition) is 3. The summed E-state index contributed by atoms with van der Waals surface area (Å²) in [7, 11) is 0. The van der Waals surface area contributed by atoms with Gasteiger partial charge in [0, 0.05) is 19.5 Å². The number of amides is 1. The van der Waals surface area contributed by atoms with Crippen molar-refractivity contribution in [1.82, 2.24) is 10.2 Å². The van der Waals surface area contributed by atoms with Crippen molar-refractivity contribution in [3.8, 4) is 0 Å². The van der Waals surface area contributed by atoms with Crippen LogP contribution in [-0.4, -0.2) is 30.4 Å². The van der Waals surface area contributed by atoms with Gasteiger partial charge in [-0.1, -0.05) is 30.3 Å². The largest absolute Gasteiger partial charge is 0.356 e. The van der Waals surface area contributed by atoms with E-state index in [1.54, 1.807) is 11.3 Å². The lowest BCUT2D eigenvalue weighted by molar-refractivity contribution is -0.121. The second-order valence-electron chi connectivity index (χ2n) is 6.64. The molecule has 0 unspecified atom stereocenters. The van der Waals surface area contributed by atoms with Gasteiger partial charge in [-0.3, -0.25) is 9.69 Å². The van der Waals surface area contributed by atoms with Crippen LogP contribution in [0.15, 0.2) is 47.2 Å². The molecule has 128 valence electrons. The third kappa shape index (κ3) is 5.46. The maximum absolute atomic E-state index is 12.0. The van der Waals surface area contributed by atoms with Gasteiger partial charge >= 0.3 is 0 Å². The predicted octanol–water partition coefficient (Wildman–Crippen LogP) is 3.71. The summed E-state index contributed by atoms with van der Waals surface area (Å²) in [5.41, 5.74) is 2.65. The zero-order valence-corrected chi connectivity index (χ0v) is 14.9. The Balaban J connectivity index is 1.31. The van der Waals surface area contributed by atoms with Gasteiger partial charge in [-0.2, -0.15) is 11.3 Å². The number of nitrogens with zero attached hydrogens (tertiary/aromatic N) is 1. The maximum atomic E-state index is 12.0. The zero-order valence-electron chi connectivity index (χ0n) is 14.1. The Labute approximate surface area is 148 Å². The molecule has 3 rings (SSSR count). The van der Waals surface area contributed by atoms with Crippen molar-refractivity contribution in [1.29, 1.82) is 0 Å². The highest BCUT2D eigenvalue weighted by Gasteiger charge is 2.19. The van der Waals surface area contributed by atoms with Crippen molar-refractivity contribution in [3.05, 3.63) is 58.3 Å².